The monoisotopic (exact) mass is 250 g/mol. The molecule has 0 heterocycles. The summed E-state index contributed by atoms with van der Waals surface area (Å²) in [6.07, 6.45) is 0. The maximum Gasteiger partial charge on any atom is 0 e. The number of hydrogen-bond acceptors (Lipinski definition) is 4. The van der Waals surface area contributed by atoms with Crippen LogP contribution in [0.25, 0.3) is 0 Å². The van der Waals surface area contributed by atoms with Crippen molar-refractivity contribution >= 4 is 0 Å². The van der Waals surface area contributed by atoms with Gasteiger partial charge < -0.3 is 0 Å². The van der Waals surface area contributed by atoms with E-state index < -0.39 is 38.2 Å². The predicted octanol–water partition coefficient (Wildman–Crippen LogP) is -0.483. The average Bonchev–Trinajstić information content (AvgIpc) is 1.39. The molecule has 0 aromatic heterocycles. The Morgan fingerprint density at radius 2 is 0.714 bits per heavy atom. The van der Waals surface area contributed by atoms with E-state index in [1.54, 1.807) is 0 Å². The van der Waals surface area contributed by atoms with Gasteiger partial charge in [0.2, 0.25) is 0 Å². The molecule has 0 fully saturated rings. The zero-order valence-electron chi connectivity index (χ0n) is 3.13. The smallest absolute Gasteiger partial charge is 0 e. The molecule has 0 rings (SSSR count). The molecule has 0 aliphatic carbocycles. The van der Waals surface area contributed by atoms with Crippen molar-refractivity contribution in [2.24, 2.45) is 0 Å². The molecule has 7 heavy (non-hydrogen) atoms. The fraction of sp³-hybridized carbons (Fsp3) is 0. The van der Waals surface area contributed by atoms with Crippen molar-refractivity contribution in [2.75, 3.05) is 0 Å². The molecule has 0 N–H and O–H groups in total. The summed E-state index contributed by atoms with van der Waals surface area (Å²) >= 11 is -4.00. The van der Waals surface area contributed by atoms with Crippen LogP contribution in [0.1, 0.15) is 0 Å². The van der Waals surface area contributed by atoms with E-state index in [2.05, 4.69) is 0 Å². The van der Waals surface area contributed by atoms with Crippen molar-refractivity contribution in [3.8, 4) is 0 Å². The van der Waals surface area contributed by atoms with Crippen LogP contribution >= 0.6 is 0 Å². The Bertz CT molecular complexity index is 63.7. The minimum Gasteiger partial charge on any atom is 0 e. The normalized spacial score (nSPS) is 2.29. The zero-order valence-corrected chi connectivity index (χ0v) is 8.71. The molecule has 0 aliphatic heterocycles. The van der Waals surface area contributed by atoms with Crippen LogP contribution in [-0.4, -0.2) is 0 Å². The Hall–Kier alpha value is 1.51. The van der Waals surface area contributed by atoms with Gasteiger partial charge in [-0.05, 0) is 0 Å². The third kappa shape index (κ3) is 99.9. The molecule has 0 amide bonds. The first-order chi connectivity index (χ1) is 2.83. The molecule has 0 spiro atoms. The summed E-state index contributed by atoms with van der Waals surface area (Å²) in [6, 6.07) is 0. The maximum atomic E-state index is 8.50. The molecule has 36 valence electrons. The van der Waals surface area contributed by atoms with E-state index in [1.165, 1.54) is 0 Å². The van der Waals surface area contributed by atoms with Gasteiger partial charge in [-0.15, -0.1) is 0 Å². The molecule has 0 aromatic rings. The molecular formula is O4Ti2Zr. The molecule has 0 radical (unpaired) electrons. The molecule has 0 saturated heterocycles. The van der Waals surface area contributed by atoms with Gasteiger partial charge in [0.1, 0.15) is 0 Å². The molecule has 0 aromatic carbocycles. The second-order valence-corrected chi connectivity index (χ2v) is 0.687. The van der Waals surface area contributed by atoms with E-state index >= 15 is 0 Å². The molecule has 4 nitrogen and oxygen atoms in total. The maximum absolute atomic E-state index is 8.50. The molecule has 7 heteroatoms. The summed E-state index contributed by atoms with van der Waals surface area (Å²) in [4.78, 5) is 0. The van der Waals surface area contributed by atoms with E-state index in [0.29, 0.717) is 0 Å². The summed E-state index contributed by atoms with van der Waals surface area (Å²) < 4.78 is 34.0. The van der Waals surface area contributed by atoms with E-state index in [-0.39, 0.29) is 26.2 Å². The minimum absolute atomic E-state index is 0. The summed E-state index contributed by atoms with van der Waals surface area (Å²) in [5.74, 6) is 0. The summed E-state index contributed by atoms with van der Waals surface area (Å²) in [5, 5.41) is 0. The Balaban J connectivity index is -0.0000000400. The largest absolute Gasteiger partial charge is 0 e. The second-order valence-electron chi connectivity index (χ2n) is 0.167. The van der Waals surface area contributed by atoms with Crippen molar-refractivity contribution in [1.82, 2.24) is 0 Å². The van der Waals surface area contributed by atoms with Gasteiger partial charge in [0.05, 0.1) is 0 Å². The van der Waals surface area contributed by atoms with Gasteiger partial charge in [-0.3, -0.25) is 0 Å². The van der Waals surface area contributed by atoms with Gasteiger partial charge in [-0.2, -0.15) is 0 Å². The Morgan fingerprint density at radius 1 is 0.714 bits per heavy atom. The van der Waals surface area contributed by atoms with E-state index in [1.807, 2.05) is 0 Å². The van der Waals surface area contributed by atoms with Crippen LogP contribution in [0.4, 0.5) is 0 Å². The van der Waals surface area contributed by atoms with Crippen LogP contribution in [0.15, 0.2) is 0 Å². The van der Waals surface area contributed by atoms with Crippen LogP contribution in [0.3, 0.4) is 0 Å². The summed E-state index contributed by atoms with van der Waals surface area (Å²) in [5.41, 5.74) is 0. The van der Waals surface area contributed by atoms with Gasteiger partial charge in [0.15, 0.2) is 0 Å². The molecule has 0 aliphatic rings. The van der Waals surface area contributed by atoms with Crippen molar-refractivity contribution in [1.29, 1.82) is 0 Å². The quantitative estimate of drug-likeness (QED) is 0.545. The SMILES string of the molecule is [O]=[Ti]=[O].[O]=[Ti]=[O].[Zr]. The van der Waals surface area contributed by atoms with Crippen LogP contribution in [0.2, 0.25) is 0 Å². The van der Waals surface area contributed by atoms with Crippen LogP contribution in [0.5, 0.6) is 0 Å². The van der Waals surface area contributed by atoms with Crippen molar-refractivity contribution in [3.05, 3.63) is 0 Å². The fourth-order valence-electron chi connectivity index (χ4n) is 0. The Labute approximate surface area is 76.7 Å². The first kappa shape index (κ1) is 15.8. The second kappa shape index (κ2) is 25.8. The van der Waals surface area contributed by atoms with Crippen molar-refractivity contribution < 1.29 is 77.7 Å². The van der Waals surface area contributed by atoms with Gasteiger partial charge in [0, 0.05) is 26.2 Å². The van der Waals surface area contributed by atoms with Gasteiger partial charge in [-0.25, -0.2) is 0 Å². The third-order valence-electron chi connectivity index (χ3n) is 0. The Morgan fingerprint density at radius 3 is 0.714 bits per heavy atom. The number of hydrogen-bond donors (Lipinski definition) is 0. The molecular weight excluding hydrogens is 251 g/mol. The van der Waals surface area contributed by atoms with Crippen molar-refractivity contribution in [3.63, 3.8) is 0 Å². The van der Waals surface area contributed by atoms with Crippen LogP contribution < -0.4 is 0 Å². The first-order valence-corrected chi connectivity index (χ1v) is 3.37. The fourth-order valence-corrected chi connectivity index (χ4v) is 0. The van der Waals surface area contributed by atoms with Gasteiger partial charge in [0.25, 0.3) is 0 Å². The van der Waals surface area contributed by atoms with Crippen LogP contribution in [0, 0.1) is 0 Å². The zero-order chi connectivity index (χ0) is 5.41. The summed E-state index contributed by atoms with van der Waals surface area (Å²) in [7, 11) is 0. The van der Waals surface area contributed by atoms with E-state index in [0.717, 1.165) is 0 Å². The average molecular weight is 251 g/mol. The Kier molecular flexibility index (Phi) is 58.3. The summed E-state index contributed by atoms with van der Waals surface area (Å²) in [6.45, 7) is 0. The standard InChI is InChI=1S/4O.2Ti.Zr. The third-order valence-corrected chi connectivity index (χ3v) is 0. The molecule has 0 saturated carbocycles. The number of rotatable bonds is 0. The predicted molar refractivity (Wildman–Crippen MR) is 2.75 cm³/mol. The minimum atomic E-state index is -2.00. The van der Waals surface area contributed by atoms with Crippen LogP contribution in [-0.2, 0) is 77.7 Å². The van der Waals surface area contributed by atoms with Crippen molar-refractivity contribution in [2.45, 2.75) is 0 Å². The molecule has 0 atom stereocenters. The topological polar surface area (TPSA) is 68.3 Å². The van der Waals surface area contributed by atoms with Gasteiger partial charge >= 0.3 is 51.5 Å². The molecule has 0 bridgehead atoms. The van der Waals surface area contributed by atoms with E-state index in [9.17, 15) is 0 Å². The molecule has 0 unspecified atom stereocenters. The van der Waals surface area contributed by atoms with Gasteiger partial charge in [-0.1, -0.05) is 0 Å². The first-order valence-electron chi connectivity index (χ1n) is 0.816. The van der Waals surface area contributed by atoms with E-state index in [4.69, 9.17) is 13.3 Å².